The van der Waals surface area contributed by atoms with Crippen molar-refractivity contribution in [3.8, 4) is 5.75 Å². The van der Waals surface area contributed by atoms with Gasteiger partial charge in [-0.05, 0) is 37.0 Å². The molecule has 1 aliphatic rings. The molecule has 2 aromatic rings. The van der Waals surface area contributed by atoms with Gasteiger partial charge in [-0.2, -0.15) is 0 Å². The minimum absolute atomic E-state index is 0.0496. The fraction of sp³-hybridized carbons (Fsp3) is 0.350. The van der Waals surface area contributed by atoms with E-state index in [1.807, 2.05) is 30.3 Å². The van der Waals surface area contributed by atoms with Gasteiger partial charge in [-0.15, -0.1) is 0 Å². The van der Waals surface area contributed by atoms with Crippen LogP contribution in [-0.4, -0.2) is 42.6 Å². The van der Waals surface area contributed by atoms with Gasteiger partial charge in [-0.3, -0.25) is 10.1 Å². The Morgan fingerprint density at radius 1 is 1.18 bits per heavy atom. The van der Waals surface area contributed by atoms with E-state index in [9.17, 15) is 18.5 Å². The van der Waals surface area contributed by atoms with E-state index in [0.717, 1.165) is 11.1 Å². The summed E-state index contributed by atoms with van der Waals surface area (Å²) in [5.74, 6) is 0.181. The SMILES string of the molecule is Cc1ccc(OC2CCN(S(=O)(=O)C[CH]c3ccccc3)CC2)c([N+](=O)[O-])c1. The van der Waals surface area contributed by atoms with Crippen LogP contribution in [0.15, 0.2) is 48.5 Å². The highest BCUT2D eigenvalue weighted by Gasteiger charge is 2.30. The highest BCUT2D eigenvalue weighted by atomic mass is 32.2. The molecule has 1 aliphatic heterocycles. The Morgan fingerprint density at radius 2 is 1.86 bits per heavy atom. The molecule has 0 atom stereocenters. The fourth-order valence-corrected chi connectivity index (χ4v) is 4.55. The van der Waals surface area contributed by atoms with E-state index >= 15 is 0 Å². The topological polar surface area (TPSA) is 89.8 Å². The number of benzene rings is 2. The Hall–Kier alpha value is -2.45. The molecular weight excluding hydrogens is 380 g/mol. The number of ether oxygens (including phenoxy) is 1. The van der Waals surface area contributed by atoms with E-state index in [4.69, 9.17) is 4.74 Å². The summed E-state index contributed by atoms with van der Waals surface area (Å²) in [4.78, 5) is 10.8. The molecule has 8 heteroatoms. The third-order valence-corrected chi connectivity index (χ3v) is 6.47. The first-order valence-corrected chi connectivity index (χ1v) is 10.7. The lowest BCUT2D eigenvalue weighted by Crippen LogP contribution is -2.42. The molecule has 0 aromatic heterocycles. The van der Waals surface area contributed by atoms with Crippen molar-refractivity contribution in [2.24, 2.45) is 0 Å². The largest absolute Gasteiger partial charge is 0.483 e. The maximum Gasteiger partial charge on any atom is 0.311 e. The van der Waals surface area contributed by atoms with Gasteiger partial charge < -0.3 is 4.74 Å². The molecule has 1 radical (unpaired) electrons. The van der Waals surface area contributed by atoms with Gasteiger partial charge >= 0.3 is 5.69 Å². The molecule has 7 nitrogen and oxygen atoms in total. The zero-order valence-corrected chi connectivity index (χ0v) is 16.5. The second-order valence-electron chi connectivity index (χ2n) is 6.84. The van der Waals surface area contributed by atoms with E-state index < -0.39 is 14.9 Å². The average Bonchev–Trinajstić information content (AvgIpc) is 2.69. The van der Waals surface area contributed by atoms with Gasteiger partial charge in [-0.25, -0.2) is 12.7 Å². The first-order valence-electron chi connectivity index (χ1n) is 9.13. The van der Waals surface area contributed by atoms with Crippen LogP contribution in [0.25, 0.3) is 0 Å². The second kappa shape index (κ2) is 8.70. The molecule has 0 spiro atoms. The van der Waals surface area contributed by atoms with Gasteiger partial charge in [0.15, 0.2) is 5.75 Å². The van der Waals surface area contributed by atoms with E-state index in [1.54, 1.807) is 25.5 Å². The number of nitro benzene ring substituents is 1. The number of aryl methyl sites for hydroxylation is 1. The molecule has 0 amide bonds. The van der Waals surface area contributed by atoms with E-state index in [-0.39, 0.29) is 23.3 Å². The Bertz CT molecular complexity index is 923. The molecule has 28 heavy (non-hydrogen) atoms. The van der Waals surface area contributed by atoms with Crippen LogP contribution in [0.3, 0.4) is 0 Å². The number of nitro groups is 1. The zero-order valence-electron chi connectivity index (χ0n) is 15.7. The monoisotopic (exact) mass is 403 g/mol. The number of hydrogen-bond donors (Lipinski definition) is 0. The smallest absolute Gasteiger partial charge is 0.311 e. The van der Waals surface area contributed by atoms with E-state index in [2.05, 4.69) is 0 Å². The third-order valence-electron chi connectivity index (χ3n) is 4.73. The molecule has 0 bridgehead atoms. The van der Waals surface area contributed by atoms with Crippen molar-refractivity contribution in [3.63, 3.8) is 0 Å². The molecule has 0 saturated carbocycles. The molecule has 0 aliphatic carbocycles. The van der Waals surface area contributed by atoms with Crippen LogP contribution in [0.4, 0.5) is 5.69 Å². The molecule has 1 saturated heterocycles. The van der Waals surface area contributed by atoms with Crippen LogP contribution in [-0.2, 0) is 10.0 Å². The lowest BCUT2D eigenvalue weighted by Gasteiger charge is -2.31. The van der Waals surface area contributed by atoms with Gasteiger partial charge in [0.05, 0.1) is 10.7 Å². The summed E-state index contributed by atoms with van der Waals surface area (Å²) in [5.41, 5.74) is 1.60. The normalized spacial score (nSPS) is 16.0. The Balaban J connectivity index is 1.56. The highest BCUT2D eigenvalue weighted by molar-refractivity contribution is 7.89. The van der Waals surface area contributed by atoms with Crippen LogP contribution in [0, 0.1) is 23.5 Å². The third kappa shape index (κ3) is 5.08. The summed E-state index contributed by atoms with van der Waals surface area (Å²) >= 11 is 0. The van der Waals surface area contributed by atoms with Crippen molar-refractivity contribution in [2.45, 2.75) is 25.9 Å². The van der Waals surface area contributed by atoms with E-state index in [0.29, 0.717) is 25.9 Å². The summed E-state index contributed by atoms with van der Waals surface area (Å²) in [6, 6.07) is 14.2. The van der Waals surface area contributed by atoms with E-state index in [1.165, 1.54) is 10.4 Å². The first-order chi connectivity index (χ1) is 13.3. The number of rotatable bonds is 7. The van der Waals surface area contributed by atoms with Crippen molar-refractivity contribution >= 4 is 15.7 Å². The predicted octanol–water partition coefficient (Wildman–Crippen LogP) is 3.33. The Labute approximate surface area is 165 Å². The lowest BCUT2D eigenvalue weighted by molar-refractivity contribution is -0.386. The highest BCUT2D eigenvalue weighted by Crippen LogP contribution is 2.30. The Kier molecular flexibility index (Phi) is 6.31. The first kappa shape index (κ1) is 20.3. The van der Waals surface area contributed by atoms with Crippen LogP contribution in [0.1, 0.15) is 24.0 Å². The number of hydrogen-bond acceptors (Lipinski definition) is 5. The number of sulfonamides is 1. The van der Waals surface area contributed by atoms with Crippen LogP contribution in [0.2, 0.25) is 0 Å². The average molecular weight is 403 g/mol. The zero-order chi connectivity index (χ0) is 20.1. The molecular formula is C20H23N2O5S. The molecule has 1 fully saturated rings. The Morgan fingerprint density at radius 3 is 2.50 bits per heavy atom. The summed E-state index contributed by atoms with van der Waals surface area (Å²) in [5, 5.41) is 11.2. The number of nitrogens with zero attached hydrogens (tertiary/aromatic N) is 2. The summed E-state index contributed by atoms with van der Waals surface area (Å²) < 4.78 is 32.4. The van der Waals surface area contributed by atoms with Gasteiger partial charge in [0, 0.05) is 25.6 Å². The van der Waals surface area contributed by atoms with Crippen molar-refractivity contribution in [1.29, 1.82) is 0 Å². The predicted molar refractivity (Wildman–Crippen MR) is 107 cm³/mol. The summed E-state index contributed by atoms with van der Waals surface area (Å²) in [6.07, 6.45) is 2.45. The summed E-state index contributed by atoms with van der Waals surface area (Å²) in [6.45, 7) is 2.47. The summed E-state index contributed by atoms with van der Waals surface area (Å²) in [7, 11) is -3.39. The van der Waals surface area contributed by atoms with Gasteiger partial charge in [0.25, 0.3) is 0 Å². The molecule has 1 heterocycles. The maximum absolute atomic E-state index is 12.6. The molecule has 0 unspecified atom stereocenters. The molecule has 3 rings (SSSR count). The van der Waals surface area contributed by atoms with Crippen molar-refractivity contribution in [2.75, 3.05) is 18.8 Å². The van der Waals surface area contributed by atoms with Crippen molar-refractivity contribution < 1.29 is 18.1 Å². The van der Waals surface area contributed by atoms with Crippen molar-refractivity contribution in [3.05, 3.63) is 76.2 Å². The van der Waals surface area contributed by atoms with Crippen LogP contribution >= 0.6 is 0 Å². The number of piperidine rings is 1. The minimum Gasteiger partial charge on any atom is -0.483 e. The lowest BCUT2D eigenvalue weighted by atomic mass is 10.1. The molecule has 149 valence electrons. The molecule has 0 N–H and O–H groups in total. The molecule has 2 aromatic carbocycles. The van der Waals surface area contributed by atoms with Crippen molar-refractivity contribution in [1.82, 2.24) is 4.31 Å². The standard InChI is InChI=1S/C20H23N2O5S/c1-16-7-8-20(19(15-16)22(23)24)27-18-9-12-21(13-10-18)28(25,26)14-11-17-5-3-2-4-6-17/h2-8,11,15,18H,9-10,12-14H2,1H3. The minimum atomic E-state index is -3.39. The fourth-order valence-electron chi connectivity index (χ4n) is 3.17. The van der Waals surface area contributed by atoms with Crippen LogP contribution in [0.5, 0.6) is 5.75 Å². The van der Waals surface area contributed by atoms with Crippen LogP contribution < -0.4 is 4.74 Å². The van der Waals surface area contributed by atoms with Gasteiger partial charge in [0.1, 0.15) is 6.10 Å². The second-order valence-corrected chi connectivity index (χ2v) is 8.85. The quantitative estimate of drug-likeness (QED) is 0.522. The van der Waals surface area contributed by atoms with Gasteiger partial charge in [0.2, 0.25) is 10.0 Å². The van der Waals surface area contributed by atoms with Gasteiger partial charge in [-0.1, -0.05) is 36.4 Å². The maximum atomic E-state index is 12.6.